The lowest BCUT2D eigenvalue weighted by Gasteiger charge is -2.20. The Balaban J connectivity index is 0.000000194. The Labute approximate surface area is 312 Å². The molecule has 6 aromatic heterocycles. The Bertz CT molecular complexity index is 2530. The van der Waals surface area contributed by atoms with Crippen LogP contribution in [0.3, 0.4) is 0 Å². The van der Waals surface area contributed by atoms with Gasteiger partial charge in [-0.1, -0.05) is 41.5 Å². The number of fused-ring (bicyclic) bond motifs is 2. The van der Waals surface area contributed by atoms with Crippen LogP contribution in [0, 0.1) is 17.8 Å². The summed E-state index contributed by atoms with van der Waals surface area (Å²) in [4.78, 5) is 67.7. The van der Waals surface area contributed by atoms with E-state index in [1.54, 1.807) is 47.8 Å². The fourth-order valence-electron chi connectivity index (χ4n) is 6.35. The van der Waals surface area contributed by atoms with Crippen molar-refractivity contribution in [2.75, 3.05) is 36.0 Å². The van der Waals surface area contributed by atoms with E-state index in [1.165, 1.54) is 19.3 Å². The number of rotatable bonds is 4. The molecular formula is C36H45F3N12O4. The zero-order chi connectivity index (χ0) is 40.4. The Hall–Kier alpha value is -6.01. The number of H-pyrrole nitrogens is 4. The molecule has 6 aromatic rings. The zero-order valence-electron chi connectivity index (χ0n) is 31.9. The maximum atomic E-state index is 14.6. The molecule has 4 N–H and O–H groups in total. The lowest BCUT2D eigenvalue weighted by molar-refractivity contribution is 0.164. The van der Waals surface area contributed by atoms with Crippen LogP contribution in [0.5, 0.6) is 0 Å². The van der Waals surface area contributed by atoms with Crippen LogP contribution in [0.4, 0.5) is 24.5 Å². The first-order valence-corrected chi connectivity index (χ1v) is 18.0. The van der Waals surface area contributed by atoms with Crippen LogP contribution in [0.25, 0.3) is 33.8 Å². The Morgan fingerprint density at radius 2 is 1.20 bits per heavy atom. The van der Waals surface area contributed by atoms with Crippen molar-refractivity contribution in [3.8, 4) is 22.5 Å². The van der Waals surface area contributed by atoms with Gasteiger partial charge in [0.25, 0.3) is 11.1 Å². The number of alkyl halides is 2. The number of aromatic amines is 4. The largest absolute Gasteiger partial charge is 0.365 e. The molecule has 0 amide bonds. The second kappa shape index (κ2) is 15.8. The van der Waals surface area contributed by atoms with Crippen LogP contribution in [-0.2, 0) is 0 Å². The summed E-state index contributed by atoms with van der Waals surface area (Å²) in [7, 11) is 0. The lowest BCUT2D eigenvalue weighted by Crippen LogP contribution is -2.28. The summed E-state index contributed by atoms with van der Waals surface area (Å²) in [6.07, 6.45) is 6.81. The minimum absolute atomic E-state index is 0.0658. The number of anilines is 2. The van der Waals surface area contributed by atoms with Gasteiger partial charge in [0.2, 0.25) is 5.95 Å². The highest BCUT2D eigenvalue weighted by molar-refractivity contribution is 5.76. The molecule has 0 radical (unpaired) electrons. The van der Waals surface area contributed by atoms with Gasteiger partial charge in [0.1, 0.15) is 22.7 Å². The minimum Gasteiger partial charge on any atom is -0.365 e. The molecule has 0 aromatic carbocycles. The van der Waals surface area contributed by atoms with Gasteiger partial charge in [-0.05, 0) is 26.0 Å². The molecular weight excluding hydrogens is 721 g/mol. The van der Waals surface area contributed by atoms with Gasteiger partial charge in [0.05, 0.1) is 41.8 Å². The monoisotopic (exact) mass is 766 g/mol. The number of nitrogens with one attached hydrogen (secondary N) is 4. The molecule has 2 fully saturated rings. The molecule has 2 aliphatic heterocycles. The van der Waals surface area contributed by atoms with E-state index in [-0.39, 0.29) is 47.4 Å². The molecule has 0 spiro atoms. The highest BCUT2D eigenvalue weighted by Crippen LogP contribution is 2.37. The van der Waals surface area contributed by atoms with E-state index in [0.29, 0.717) is 35.8 Å². The fourth-order valence-corrected chi connectivity index (χ4v) is 6.35. The molecule has 294 valence electrons. The van der Waals surface area contributed by atoms with Gasteiger partial charge in [0.15, 0.2) is 11.3 Å². The van der Waals surface area contributed by atoms with Crippen molar-refractivity contribution >= 4 is 22.7 Å². The number of nitrogens with zero attached hydrogens (tertiary/aromatic N) is 8. The molecule has 55 heavy (non-hydrogen) atoms. The molecule has 0 saturated carbocycles. The van der Waals surface area contributed by atoms with Crippen LogP contribution < -0.4 is 32.3 Å². The standard InChI is InChI=1S/C16H16F2N6O2.C16H17FN6O2.2C2H6/c1-8-6-23(7-16(8,2)18)11-3-10(9-4-20-15(26)21-14(9)25)22-24-12(17)5-19-13(11)24;1-9-7-22(8-16(9,2)17)12-5-11(21-23-4-3-18-13(12)23)10-6-19-15(25)20-14(10)24;2*1-2/h3-5,8H,6-7H2,1-2H3,(H2,20,21,25,26);3-6,9H,7-8H2,1-2H3,(H2,19,20,24,25);2*1-2H3/t8-,16?;9-,16?;;/m01../s1. The van der Waals surface area contributed by atoms with E-state index in [1.807, 2.05) is 39.5 Å². The van der Waals surface area contributed by atoms with E-state index in [9.17, 15) is 32.3 Å². The van der Waals surface area contributed by atoms with Gasteiger partial charge >= 0.3 is 11.4 Å². The van der Waals surface area contributed by atoms with Crippen LogP contribution in [0.2, 0.25) is 0 Å². The van der Waals surface area contributed by atoms with Crippen molar-refractivity contribution in [3.05, 3.63) is 90.7 Å². The number of aromatic nitrogens is 10. The number of imidazole rings is 2. The topological polar surface area (TPSA) is 198 Å². The predicted molar refractivity (Wildman–Crippen MR) is 204 cm³/mol. The highest BCUT2D eigenvalue weighted by atomic mass is 19.1. The number of halogens is 3. The maximum absolute atomic E-state index is 14.6. The first-order valence-electron chi connectivity index (χ1n) is 18.0. The van der Waals surface area contributed by atoms with Gasteiger partial charge in [-0.3, -0.25) is 19.6 Å². The van der Waals surface area contributed by atoms with Crippen molar-refractivity contribution in [1.29, 1.82) is 0 Å². The lowest BCUT2D eigenvalue weighted by atomic mass is 9.97. The average Bonchev–Trinajstić information content (AvgIpc) is 3.91. The summed E-state index contributed by atoms with van der Waals surface area (Å²) >= 11 is 0. The molecule has 8 heterocycles. The van der Waals surface area contributed by atoms with Crippen LogP contribution in [0.15, 0.2) is 62.3 Å². The number of hydrogen-bond acceptors (Lipinski definition) is 10. The molecule has 2 saturated heterocycles. The van der Waals surface area contributed by atoms with E-state index in [0.717, 1.165) is 10.7 Å². The Morgan fingerprint density at radius 3 is 1.65 bits per heavy atom. The normalized spacial score (nSPS) is 21.8. The minimum atomic E-state index is -1.40. The number of hydrogen-bond donors (Lipinski definition) is 4. The molecule has 19 heteroatoms. The molecule has 2 aliphatic rings. The van der Waals surface area contributed by atoms with E-state index in [4.69, 9.17) is 0 Å². The van der Waals surface area contributed by atoms with Crippen LogP contribution in [-0.4, -0.2) is 86.6 Å². The third kappa shape index (κ3) is 7.95. The summed E-state index contributed by atoms with van der Waals surface area (Å²) in [6, 6.07) is 3.26. The SMILES string of the molecule is CC.CC.C[C@@H]1CN(c2cc(-c3c[nH]c(=O)[nH]c3=O)nn3ccnc23)CC1(C)F.C[C@H]1CN(c2cc(-c3c[nH]c(=O)[nH]c3=O)nn3c(F)cnc23)CC1(C)F. The van der Waals surface area contributed by atoms with Gasteiger partial charge in [-0.2, -0.15) is 19.1 Å². The van der Waals surface area contributed by atoms with Crippen molar-refractivity contribution < 1.29 is 13.2 Å². The van der Waals surface area contributed by atoms with Crippen molar-refractivity contribution in [2.45, 2.75) is 66.7 Å². The molecule has 0 bridgehead atoms. The first kappa shape index (κ1) is 40.2. The Kier molecular flexibility index (Phi) is 11.5. The van der Waals surface area contributed by atoms with E-state index < -0.39 is 39.8 Å². The second-order valence-corrected chi connectivity index (χ2v) is 13.4. The molecule has 2 unspecified atom stereocenters. The molecule has 4 atom stereocenters. The van der Waals surface area contributed by atoms with Crippen molar-refractivity contribution in [2.24, 2.45) is 11.8 Å². The summed E-state index contributed by atoms with van der Waals surface area (Å²) in [5.41, 5.74) is -2.33. The van der Waals surface area contributed by atoms with Crippen molar-refractivity contribution in [3.63, 3.8) is 0 Å². The van der Waals surface area contributed by atoms with E-state index >= 15 is 0 Å². The third-order valence-electron chi connectivity index (χ3n) is 9.66. The third-order valence-corrected chi connectivity index (χ3v) is 9.66. The predicted octanol–water partition coefficient (Wildman–Crippen LogP) is 4.11. The van der Waals surface area contributed by atoms with Gasteiger partial charge in [-0.15, -0.1) is 0 Å². The Morgan fingerprint density at radius 1 is 0.727 bits per heavy atom. The highest BCUT2D eigenvalue weighted by Gasteiger charge is 2.42. The smallest absolute Gasteiger partial charge is 0.325 e. The van der Waals surface area contributed by atoms with Crippen molar-refractivity contribution in [1.82, 2.24) is 49.1 Å². The van der Waals surface area contributed by atoms with E-state index in [2.05, 4.69) is 40.1 Å². The van der Waals surface area contributed by atoms with Gasteiger partial charge < -0.3 is 19.8 Å². The molecule has 16 nitrogen and oxygen atoms in total. The summed E-state index contributed by atoms with van der Waals surface area (Å²) in [6.45, 7) is 16.1. The summed E-state index contributed by atoms with van der Waals surface area (Å²) in [5, 5.41) is 8.47. The summed E-state index contributed by atoms with van der Waals surface area (Å²) < 4.78 is 45.9. The first-order chi connectivity index (χ1) is 26.1. The van der Waals surface area contributed by atoms with Crippen LogP contribution >= 0.6 is 0 Å². The maximum Gasteiger partial charge on any atom is 0.325 e. The van der Waals surface area contributed by atoms with Crippen LogP contribution in [0.1, 0.15) is 55.4 Å². The quantitative estimate of drug-likeness (QED) is 0.203. The van der Waals surface area contributed by atoms with Gasteiger partial charge in [-0.25, -0.2) is 32.9 Å². The fraction of sp³-hybridized carbons (Fsp3) is 0.444. The average molecular weight is 767 g/mol. The zero-order valence-corrected chi connectivity index (χ0v) is 31.9. The molecule has 0 aliphatic carbocycles. The van der Waals surface area contributed by atoms with Gasteiger partial charge in [0, 0.05) is 49.7 Å². The second-order valence-electron chi connectivity index (χ2n) is 13.4. The molecule has 8 rings (SSSR count). The summed E-state index contributed by atoms with van der Waals surface area (Å²) in [5.74, 6) is -1.06.